The highest BCUT2D eigenvalue weighted by Gasteiger charge is 2.08. The summed E-state index contributed by atoms with van der Waals surface area (Å²) in [5, 5.41) is 12.6. The molecule has 1 aromatic carbocycles. The van der Waals surface area contributed by atoms with E-state index in [1.807, 2.05) is 67.7 Å². The Morgan fingerprint density at radius 3 is 2.47 bits per heavy atom. The molecule has 5 nitrogen and oxygen atoms in total. The molecule has 0 heterocycles. The first-order valence-corrected chi connectivity index (χ1v) is 6.11. The van der Waals surface area contributed by atoms with Gasteiger partial charge in [-0.1, -0.05) is 24.3 Å². The molecule has 0 saturated carbocycles. The van der Waals surface area contributed by atoms with Gasteiger partial charge in [-0.25, -0.2) is 0 Å². The number of carbonyl (C=O) groups is 1. The van der Waals surface area contributed by atoms with Crippen molar-refractivity contribution in [3.63, 3.8) is 0 Å². The standard InChI is InChI=1S/C14H20N3O2/c1-16(2)17(3)9-8-11-4-6-12(7-5-11)10-13(15)14(18)19/h4-9,13H,10,15H2,1-3H3/p+1/b17-9+. The Morgan fingerprint density at radius 1 is 1.42 bits per heavy atom. The van der Waals surface area contributed by atoms with Crippen molar-refractivity contribution >= 4 is 12.2 Å². The quantitative estimate of drug-likeness (QED) is 0.379. The molecule has 5 heteroatoms. The number of carboxylic acids is 1. The summed E-state index contributed by atoms with van der Waals surface area (Å²) in [6.45, 7) is 0. The first kappa shape index (κ1) is 15.2. The molecule has 0 aliphatic heterocycles. The molecule has 0 saturated heterocycles. The van der Waals surface area contributed by atoms with Gasteiger partial charge in [0.2, 0.25) is 0 Å². The summed E-state index contributed by atoms with van der Waals surface area (Å²) in [4.78, 5) is 10.6. The van der Waals surface area contributed by atoms with E-state index in [1.165, 1.54) is 0 Å². The molecule has 0 amide bonds. The number of aliphatic carboxylic acids is 1. The fourth-order valence-corrected chi connectivity index (χ4v) is 1.46. The monoisotopic (exact) mass is 263 g/mol. The molecule has 0 fully saturated rings. The van der Waals surface area contributed by atoms with Gasteiger partial charge < -0.3 is 15.6 Å². The Bertz CT molecular complexity index is 452. The molecule has 0 aliphatic rings. The molecule has 19 heavy (non-hydrogen) atoms. The minimum absolute atomic E-state index is 0.393. The van der Waals surface area contributed by atoms with Gasteiger partial charge in [0, 0.05) is 6.42 Å². The Hall–Kier alpha value is -1.88. The van der Waals surface area contributed by atoms with Crippen molar-refractivity contribution in [1.82, 2.24) is 5.01 Å². The highest BCUT2D eigenvalue weighted by molar-refractivity contribution is 5.70. The maximum atomic E-state index is 10.6. The van der Waals surface area contributed by atoms with E-state index in [2.05, 4.69) is 5.73 Å². The molecule has 0 aliphatic carbocycles. The first-order chi connectivity index (χ1) is 8.90. The number of hydrogen-bond donors (Lipinski definition) is 1. The zero-order chi connectivity index (χ0) is 14.4. The highest BCUT2D eigenvalue weighted by Crippen LogP contribution is 2.07. The van der Waals surface area contributed by atoms with Crippen molar-refractivity contribution in [2.45, 2.75) is 12.5 Å². The predicted molar refractivity (Wildman–Crippen MR) is 71.2 cm³/mol. The van der Waals surface area contributed by atoms with Crippen LogP contribution in [0.1, 0.15) is 11.1 Å². The van der Waals surface area contributed by atoms with Gasteiger partial charge in [0.1, 0.15) is 6.04 Å². The van der Waals surface area contributed by atoms with E-state index in [0.717, 1.165) is 11.1 Å². The number of nitrogens with zero attached hydrogens (tertiary/aromatic N) is 2. The number of hydrazine groups is 1. The molecule has 1 rings (SSSR count). The SMILES string of the molecule is CN(C)/[N+](C)=C/[CH]c1ccc(CC([NH3+])C(=O)[O-])cc1. The van der Waals surface area contributed by atoms with Crippen molar-refractivity contribution < 1.29 is 20.3 Å². The van der Waals surface area contributed by atoms with E-state index in [0.29, 0.717) is 6.42 Å². The maximum Gasteiger partial charge on any atom is 0.178 e. The number of hydrazone groups is 1. The van der Waals surface area contributed by atoms with Crippen LogP contribution in [0.25, 0.3) is 0 Å². The fraction of sp³-hybridized carbons (Fsp3) is 0.357. The lowest BCUT2D eigenvalue weighted by Crippen LogP contribution is -2.69. The van der Waals surface area contributed by atoms with Gasteiger partial charge >= 0.3 is 0 Å². The van der Waals surface area contributed by atoms with Crippen LogP contribution >= 0.6 is 0 Å². The van der Waals surface area contributed by atoms with Crippen LogP contribution in [0.5, 0.6) is 0 Å². The molecule has 0 aromatic heterocycles. The maximum absolute atomic E-state index is 10.6. The van der Waals surface area contributed by atoms with Gasteiger partial charge in [0.05, 0.1) is 26.5 Å². The second-order valence-electron chi connectivity index (χ2n) is 4.70. The summed E-state index contributed by atoms with van der Waals surface area (Å²) in [5.41, 5.74) is 5.55. The van der Waals surface area contributed by atoms with Gasteiger partial charge in [-0.3, -0.25) is 0 Å². The second-order valence-corrected chi connectivity index (χ2v) is 4.70. The van der Waals surface area contributed by atoms with E-state index >= 15 is 0 Å². The largest absolute Gasteiger partial charge is 0.544 e. The van der Waals surface area contributed by atoms with Crippen molar-refractivity contribution in [3.05, 3.63) is 41.8 Å². The lowest BCUT2D eigenvalue weighted by molar-refractivity contribution is -0.651. The van der Waals surface area contributed by atoms with Crippen LogP contribution in [0.4, 0.5) is 0 Å². The third-order valence-corrected chi connectivity index (χ3v) is 2.91. The number of quaternary nitrogens is 1. The van der Waals surface area contributed by atoms with Crippen LogP contribution < -0.4 is 10.8 Å². The summed E-state index contributed by atoms with van der Waals surface area (Å²) < 4.78 is 1.95. The number of carbonyl (C=O) groups excluding carboxylic acids is 1. The Balaban J connectivity index is 2.62. The molecule has 1 aromatic rings. The van der Waals surface area contributed by atoms with Crippen LogP contribution in [0.2, 0.25) is 0 Å². The molecule has 0 spiro atoms. The first-order valence-electron chi connectivity index (χ1n) is 6.11. The number of carboxylic acid groups (broad SMARTS) is 1. The average molecular weight is 263 g/mol. The van der Waals surface area contributed by atoms with E-state index < -0.39 is 12.0 Å². The van der Waals surface area contributed by atoms with Gasteiger partial charge in [-0.15, -0.1) is 4.68 Å². The molecule has 1 atom stereocenters. The van der Waals surface area contributed by atoms with Gasteiger partial charge in [-0.05, 0) is 11.1 Å². The molecule has 0 bridgehead atoms. The van der Waals surface area contributed by atoms with Crippen LogP contribution in [0.15, 0.2) is 24.3 Å². The van der Waals surface area contributed by atoms with Crippen molar-refractivity contribution in [2.75, 3.05) is 21.1 Å². The van der Waals surface area contributed by atoms with E-state index in [-0.39, 0.29) is 0 Å². The summed E-state index contributed by atoms with van der Waals surface area (Å²) in [6.07, 6.45) is 4.34. The normalized spacial score (nSPS) is 13.2. The van der Waals surface area contributed by atoms with Crippen molar-refractivity contribution in [3.8, 4) is 0 Å². The van der Waals surface area contributed by atoms with E-state index in [9.17, 15) is 9.90 Å². The van der Waals surface area contributed by atoms with Crippen LogP contribution in [-0.2, 0) is 11.2 Å². The second kappa shape index (κ2) is 6.89. The van der Waals surface area contributed by atoms with Crippen molar-refractivity contribution in [2.24, 2.45) is 0 Å². The smallest absolute Gasteiger partial charge is 0.178 e. The number of benzene rings is 1. The average Bonchev–Trinajstić information content (AvgIpc) is 2.37. The van der Waals surface area contributed by atoms with Gasteiger partial charge in [0.15, 0.2) is 13.3 Å². The van der Waals surface area contributed by atoms with Gasteiger partial charge in [-0.2, -0.15) is 5.01 Å². The molecule has 103 valence electrons. The topological polar surface area (TPSA) is 74.0 Å². The predicted octanol–water partition coefficient (Wildman–Crippen LogP) is -1.67. The van der Waals surface area contributed by atoms with Crippen LogP contribution in [-0.4, -0.2) is 49.1 Å². The minimum atomic E-state index is -1.11. The van der Waals surface area contributed by atoms with Crippen molar-refractivity contribution in [1.29, 1.82) is 0 Å². The summed E-state index contributed by atoms with van der Waals surface area (Å²) >= 11 is 0. The Labute approximate surface area is 113 Å². The molecular formula is C14H21N3O2+. The van der Waals surface area contributed by atoms with E-state index in [4.69, 9.17) is 0 Å². The molecular weight excluding hydrogens is 242 g/mol. The zero-order valence-corrected chi connectivity index (χ0v) is 11.7. The van der Waals surface area contributed by atoms with E-state index in [1.54, 1.807) is 0 Å². The lowest BCUT2D eigenvalue weighted by Gasteiger charge is -2.09. The number of rotatable bonds is 6. The third-order valence-electron chi connectivity index (χ3n) is 2.91. The molecule has 1 radical (unpaired) electrons. The highest BCUT2D eigenvalue weighted by atomic mass is 16.4. The number of hydrogen-bond acceptors (Lipinski definition) is 3. The van der Waals surface area contributed by atoms with Gasteiger partial charge in [0.25, 0.3) is 0 Å². The lowest BCUT2D eigenvalue weighted by atomic mass is 10.0. The molecule has 3 N–H and O–H groups in total. The minimum Gasteiger partial charge on any atom is -0.544 e. The molecule has 1 unspecified atom stereocenters. The van der Waals surface area contributed by atoms with Crippen LogP contribution in [0, 0.1) is 6.42 Å². The summed E-state index contributed by atoms with van der Waals surface area (Å²) in [6, 6.07) is 7.03. The Morgan fingerprint density at radius 2 is 2.00 bits per heavy atom. The zero-order valence-electron chi connectivity index (χ0n) is 11.7. The fourth-order valence-electron chi connectivity index (χ4n) is 1.46. The Kier molecular flexibility index (Phi) is 5.51. The van der Waals surface area contributed by atoms with Crippen LogP contribution in [0.3, 0.4) is 0 Å². The summed E-state index contributed by atoms with van der Waals surface area (Å²) in [5.74, 6) is -1.11. The summed E-state index contributed by atoms with van der Waals surface area (Å²) in [7, 11) is 5.88. The third kappa shape index (κ3) is 5.09.